The number of nitrogens with zero attached hydrogens (tertiary/aromatic N) is 2. The average Bonchev–Trinajstić information content (AvgIpc) is 2.98. The molecule has 1 aliphatic carbocycles. The Kier molecular flexibility index (Phi) is 2.87. The van der Waals surface area contributed by atoms with E-state index in [0.717, 1.165) is 18.9 Å². The number of hydrogen-bond donors (Lipinski definition) is 1. The standard InChI is InChI=1S/C14H21N3/c1-9(2)13-11-7-15-8-12(11)16-14(17-13)10-5-3-4-6-10/h9-10,15H,3-8H2,1-2H3. The number of nitrogens with one attached hydrogen (secondary N) is 1. The van der Waals surface area contributed by atoms with E-state index < -0.39 is 0 Å². The number of rotatable bonds is 2. The Morgan fingerprint density at radius 1 is 1.12 bits per heavy atom. The summed E-state index contributed by atoms with van der Waals surface area (Å²) in [5.74, 6) is 2.25. The molecule has 0 spiro atoms. The van der Waals surface area contributed by atoms with E-state index in [1.165, 1.54) is 42.6 Å². The first kappa shape index (κ1) is 11.1. The van der Waals surface area contributed by atoms with Crippen molar-refractivity contribution in [2.45, 2.75) is 64.5 Å². The minimum absolute atomic E-state index is 0.506. The van der Waals surface area contributed by atoms with Gasteiger partial charge in [0.25, 0.3) is 0 Å². The fourth-order valence-corrected chi connectivity index (χ4v) is 3.06. The molecular formula is C14H21N3. The lowest BCUT2D eigenvalue weighted by Gasteiger charge is -2.15. The van der Waals surface area contributed by atoms with Crippen molar-refractivity contribution in [2.75, 3.05) is 0 Å². The van der Waals surface area contributed by atoms with E-state index in [0.29, 0.717) is 11.8 Å². The van der Waals surface area contributed by atoms with Gasteiger partial charge in [-0.3, -0.25) is 0 Å². The highest BCUT2D eigenvalue weighted by atomic mass is 15.0. The zero-order valence-corrected chi connectivity index (χ0v) is 10.8. The minimum atomic E-state index is 0.506. The Hall–Kier alpha value is -0.960. The maximum atomic E-state index is 4.87. The highest BCUT2D eigenvalue weighted by molar-refractivity contribution is 5.31. The molecule has 0 saturated heterocycles. The molecule has 2 aliphatic rings. The molecule has 1 N–H and O–H groups in total. The van der Waals surface area contributed by atoms with Crippen molar-refractivity contribution >= 4 is 0 Å². The van der Waals surface area contributed by atoms with E-state index in [1.54, 1.807) is 0 Å². The molecule has 1 saturated carbocycles. The SMILES string of the molecule is CC(C)c1nc(C2CCCC2)nc2c1CNC2. The molecule has 3 heteroatoms. The predicted octanol–water partition coefficient (Wildman–Crippen LogP) is 2.86. The van der Waals surface area contributed by atoms with Crippen molar-refractivity contribution < 1.29 is 0 Å². The molecule has 1 aromatic rings. The largest absolute Gasteiger partial charge is 0.307 e. The van der Waals surface area contributed by atoms with Gasteiger partial charge in [-0.05, 0) is 18.8 Å². The molecule has 2 heterocycles. The summed E-state index contributed by atoms with van der Waals surface area (Å²) in [7, 11) is 0. The summed E-state index contributed by atoms with van der Waals surface area (Å²) >= 11 is 0. The molecule has 0 amide bonds. The third-order valence-corrected chi connectivity index (χ3v) is 4.00. The van der Waals surface area contributed by atoms with Crippen LogP contribution in [0.1, 0.15) is 74.1 Å². The molecule has 3 rings (SSSR count). The quantitative estimate of drug-likeness (QED) is 0.850. The molecule has 17 heavy (non-hydrogen) atoms. The molecule has 0 bridgehead atoms. The second-order valence-electron chi connectivity index (χ2n) is 5.63. The first-order valence-electron chi connectivity index (χ1n) is 6.86. The number of fused-ring (bicyclic) bond motifs is 1. The van der Waals surface area contributed by atoms with E-state index in [1.807, 2.05) is 0 Å². The molecule has 1 aliphatic heterocycles. The highest BCUT2D eigenvalue weighted by Gasteiger charge is 2.25. The van der Waals surface area contributed by atoms with E-state index in [2.05, 4.69) is 19.2 Å². The summed E-state index contributed by atoms with van der Waals surface area (Å²) in [5, 5.41) is 3.40. The average molecular weight is 231 g/mol. The van der Waals surface area contributed by atoms with Gasteiger partial charge in [0.1, 0.15) is 5.82 Å². The molecule has 92 valence electrons. The normalized spacial score (nSPS) is 20.2. The zero-order valence-electron chi connectivity index (χ0n) is 10.8. The minimum Gasteiger partial charge on any atom is -0.307 e. The van der Waals surface area contributed by atoms with Crippen LogP contribution >= 0.6 is 0 Å². The van der Waals surface area contributed by atoms with Crippen molar-refractivity contribution in [2.24, 2.45) is 0 Å². The fourth-order valence-electron chi connectivity index (χ4n) is 3.06. The van der Waals surface area contributed by atoms with Crippen LogP contribution < -0.4 is 5.32 Å². The molecule has 0 atom stereocenters. The van der Waals surface area contributed by atoms with E-state index in [9.17, 15) is 0 Å². The molecule has 0 radical (unpaired) electrons. The molecule has 1 aromatic heterocycles. The van der Waals surface area contributed by atoms with E-state index in [4.69, 9.17) is 9.97 Å². The Morgan fingerprint density at radius 2 is 1.88 bits per heavy atom. The Bertz CT molecular complexity index is 420. The molecular weight excluding hydrogens is 210 g/mol. The third-order valence-electron chi connectivity index (χ3n) is 4.00. The van der Waals surface area contributed by atoms with Crippen molar-refractivity contribution in [3.63, 3.8) is 0 Å². The van der Waals surface area contributed by atoms with Crippen LogP contribution in [0.4, 0.5) is 0 Å². The Balaban J connectivity index is 2.02. The zero-order chi connectivity index (χ0) is 11.8. The van der Waals surface area contributed by atoms with Gasteiger partial charge in [0.05, 0.1) is 11.4 Å². The topological polar surface area (TPSA) is 37.8 Å². The number of aromatic nitrogens is 2. The number of hydrogen-bond acceptors (Lipinski definition) is 3. The van der Waals surface area contributed by atoms with Gasteiger partial charge in [0.15, 0.2) is 0 Å². The van der Waals surface area contributed by atoms with Crippen molar-refractivity contribution in [3.8, 4) is 0 Å². The first-order chi connectivity index (χ1) is 8.25. The van der Waals surface area contributed by atoms with Gasteiger partial charge in [0.2, 0.25) is 0 Å². The van der Waals surface area contributed by atoms with Crippen molar-refractivity contribution in [1.29, 1.82) is 0 Å². The van der Waals surface area contributed by atoms with Gasteiger partial charge in [0, 0.05) is 24.6 Å². The highest BCUT2D eigenvalue weighted by Crippen LogP contribution is 2.34. The molecule has 0 aromatic carbocycles. The monoisotopic (exact) mass is 231 g/mol. The van der Waals surface area contributed by atoms with E-state index >= 15 is 0 Å². The predicted molar refractivity (Wildman–Crippen MR) is 67.9 cm³/mol. The van der Waals surface area contributed by atoms with Crippen LogP contribution in [0.15, 0.2) is 0 Å². The van der Waals surface area contributed by atoms with Gasteiger partial charge < -0.3 is 5.32 Å². The van der Waals surface area contributed by atoms with E-state index in [-0.39, 0.29) is 0 Å². The summed E-state index contributed by atoms with van der Waals surface area (Å²) in [4.78, 5) is 9.68. The molecule has 3 nitrogen and oxygen atoms in total. The lowest BCUT2D eigenvalue weighted by Crippen LogP contribution is -2.09. The van der Waals surface area contributed by atoms with Crippen LogP contribution in [0.3, 0.4) is 0 Å². The lowest BCUT2D eigenvalue weighted by molar-refractivity contribution is 0.644. The van der Waals surface area contributed by atoms with Crippen LogP contribution in [-0.4, -0.2) is 9.97 Å². The van der Waals surface area contributed by atoms with Gasteiger partial charge in [-0.2, -0.15) is 0 Å². The van der Waals surface area contributed by atoms with Gasteiger partial charge in [-0.1, -0.05) is 26.7 Å². The summed E-state index contributed by atoms with van der Waals surface area (Å²) in [6, 6.07) is 0. The van der Waals surface area contributed by atoms with Crippen LogP contribution in [0, 0.1) is 0 Å². The second-order valence-corrected chi connectivity index (χ2v) is 5.63. The lowest BCUT2D eigenvalue weighted by atomic mass is 10.0. The Morgan fingerprint density at radius 3 is 2.59 bits per heavy atom. The summed E-state index contributed by atoms with van der Waals surface area (Å²) in [6.07, 6.45) is 5.26. The van der Waals surface area contributed by atoms with Crippen LogP contribution in [0.25, 0.3) is 0 Å². The van der Waals surface area contributed by atoms with Crippen LogP contribution in [0.2, 0.25) is 0 Å². The second kappa shape index (κ2) is 4.37. The maximum absolute atomic E-state index is 4.87. The van der Waals surface area contributed by atoms with Gasteiger partial charge >= 0.3 is 0 Å². The van der Waals surface area contributed by atoms with Crippen LogP contribution in [-0.2, 0) is 13.1 Å². The summed E-state index contributed by atoms with van der Waals surface area (Å²) < 4.78 is 0. The maximum Gasteiger partial charge on any atom is 0.132 e. The first-order valence-corrected chi connectivity index (χ1v) is 6.86. The molecule has 0 unspecified atom stereocenters. The van der Waals surface area contributed by atoms with Gasteiger partial charge in [-0.15, -0.1) is 0 Å². The summed E-state index contributed by atoms with van der Waals surface area (Å²) in [5.41, 5.74) is 3.90. The Labute approximate surface area is 103 Å². The fraction of sp³-hybridized carbons (Fsp3) is 0.714. The van der Waals surface area contributed by atoms with Gasteiger partial charge in [-0.25, -0.2) is 9.97 Å². The smallest absolute Gasteiger partial charge is 0.132 e. The summed E-state index contributed by atoms with van der Waals surface area (Å²) in [6.45, 7) is 6.35. The molecule has 1 fully saturated rings. The van der Waals surface area contributed by atoms with Crippen molar-refractivity contribution in [1.82, 2.24) is 15.3 Å². The van der Waals surface area contributed by atoms with Crippen molar-refractivity contribution in [3.05, 3.63) is 22.8 Å². The third kappa shape index (κ3) is 1.97. The van der Waals surface area contributed by atoms with Crippen LogP contribution in [0.5, 0.6) is 0 Å².